The molecule has 0 aliphatic carbocycles. The monoisotopic (exact) mass is 351 g/mol. The number of rotatable bonds is 6. The molecular weight excluding hydrogens is 330 g/mol. The lowest BCUT2D eigenvalue weighted by atomic mass is 9.91. The van der Waals surface area contributed by atoms with E-state index in [0.29, 0.717) is 17.9 Å². The van der Waals surface area contributed by atoms with E-state index < -0.39 is 11.9 Å². The van der Waals surface area contributed by atoms with Crippen LogP contribution in [0.5, 0.6) is 0 Å². The number of ketones is 1. The van der Waals surface area contributed by atoms with Crippen molar-refractivity contribution in [2.24, 2.45) is 5.92 Å². The zero-order valence-corrected chi connectivity index (χ0v) is 14.6. The molecule has 1 saturated heterocycles. The van der Waals surface area contributed by atoms with Crippen LogP contribution in [0.15, 0.2) is 47.3 Å². The van der Waals surface area contributed by atoms with Crippen molar-refractivity contribution in [1.29, 1.82) is 0 Å². The van der Waals surface area contributed by atoms with Gasteiger partial charge < -0.3 is 9.40 Å². The average Bonchev–Trinajstić information content (AvgIpc) is 3.37. The van der Waals surface area contributed by atoms with Crippen molar-refractivity contribution >= 4 is 28.4 Å². The number of nitrogens with one attached hydrogen (secondary N) is 1. The lowest BCUT2D eigenvalue weighted by molar-refractivity contribution is -0.135. The lowest BCUT2D eigenvalue weighted by Gasteiger charge is -2.25. The Kier molecular flexibility index (Phi) is 4.32. The maximum atomic E-state index is 12.8. The predicted octanol–water partition coefficient (Wildman–Crippen LogP) is 4.01. The molecule has 2 aromatic heterocycles. The summed E-state index contributed by atoms with van der Waals surface area (Å²) in [6, 6.07) is 8.77. The van der Waals surface area contributed by atoms with Gasteiger partial charge in [-0.3, -0.25) is 14.5 Å². The van der Waals surface area contributed by atoms with Crippen LogP contribution in [0.3, 0.4) is 0 Å². The maximum absolute atomic E-state index is 12.8. The first kappa shape index (κ1) is 16.6. The number of benzene rings is 1. The van der Waals surface area contributed by atoms with Gasteiger partial charge in [-0.1, -0.05) is 26.2 Å². The number of furan rings is 1. The number of carbonyl (C=O) groups is 2. The fraction of sp³-hybridized carbons (Fsp3) is 0.350. The Morgan fingerprint density at radius 2 is 2.12 bits per heavy atom. The third kappa shape index (κ3) is 2.71. The molecule has 1 aromatic carbocycles. The van der Waals surface area contributed by atoms with Crippen molar-refractivity contribution in [2.75, 3.05) is 4.90 Å². The van der Waals surface area contributed by atoms with Crippen molar-refractivity contribution < 1.29 is 14.0 Å². The Morgan fingerprint density at radius 3 is 2.88 bits per heavy atom. The highest BCUT2D eigenvalue weighted by atomic mass is 16.3. The minimum absolute atomic E-state index is 0.327. The molecule has 2 unspecified atom stereocenters. The van der Waals surface area contributed by atoms with Gasteiger partial charge in [0.05, 0.1) is 29.5 Å². The Labute approximate surface area is 151 Å². The fourth-order valence-electron chi connectivity index (χ4n) is 3.77. The number of Topliss-reactive ketones (excluding diaryl/α,β-unsaturated/α-hetero) is 1. The molecule has 3 aromatic rings. The zero-order chi connectivity index (χ0) is 18.1. The van der Waals surface area contributed by atoms with Gasteiger partial charge in [0.1, 0.15) is 11.8 Å². The van der Waals surface area contributed by atoms with E-state index in [0.717, 1.165) is 30.3 Å². The van der Waals surface area contributed by atoms with Gasteiger partial charge in [-0.15, -0.1) is 0 Å². The number of aromatic amines is 1. The second-order valence-electron chi connectivity index (χ2n) is 6.71. The number of unbranched alkanes of at least 4 members (excludes halogenated alkanes) is 2. The van der Waals surface area contributed by atoms with Gasteiger partial charge in [0.2, 0.25) is 5.78 Å². The van der Waals surface area contributed by atoms with E-state index in [4.69, 9.17) is 4.42 Å². The smallest absolute Gasteiger partial charge is 0.295 e. The van der Waals surface area contributed by atoms with Crippen molar-refractivity contribution in [3.63, 3.8) is 0 Å². The van der Waals surface area contributed by atoms with Crippen LogP contribution in [0.4, 0.5) is 5.69 Å². The highest BCUT2D eigenvalue weighted by molar-refractivity contribution is 6.44. The van der Waals surface area contributed by atoms with Crippen LogP contribution in [0.25, 0.3) is 11.0 Å². The Bertz CT molecular complexity index is 929. The summed E-state index contributed by atoms with van der Waals surface area (Å²) in [5.74, 6) is -0.521. The highest BCUT2D eigenvalue weighted by Crippen LogP contribution is 2.42. The highest BCUT2D eigenvalue weighted by Gasteiger charge is 2.49. The number of H-pyrrole nitrogens is 1. The number of imidazole rings is 1. The lowest BCUT2D eigenvalue weighted by Crippen LogP contribution is -2.29. The van der Waals surface area contributed by atoms with Gasteiger partial charge in [0, 0.05) is 5.69 Å². The predicted molar refractivity (Wildman–Crippen MR) is 97.7 cm³/mol. The average molecular weight is 351 g/mol. The van der Waals surface area contributed by atoms with Crippen molar-refractivity contribution in [2.45, 2.75) is 38.6 Å². The largest absolute Gasteiger partial charge is 0.467 e. The third-order valence-electron chi connectivity index (χ3n) is 5.06. The van der Waals surface area contributed by atoms with Crippen molar-refractivity contribution in [1.82, 2.24) is 9.97 Å². The normalized spacial score (nSPS) is 20.4. The molecule has 1 aliphatic heterocycles. The summed E-state index contributed by atoms with van der Waals surface area (Å²) in [7, 11) is 0. The van der Waals surface area contributed by atoms with E-state index in [1.165, 1.54) is 0 Å². The van der Waals surface area contributed by atoms with Crippen LogP contribution >= 0.6 is 0 Å². The van der Waals surface area contributed by atoms with Crippen molar-refractivity contribution in [3.8, 4) is 0 Å². The topological polar surface area (TPSA) is 79.2 Å². The van der Waals surface area contributed by atoms with Gasteiger partial charge in [0.25, 0.3) is 5.91 Å². The molecule has 6 heteroatoms. The van der Waals surface area contributed by atoms with Crippen LogP contribution in [-0.2, 0) is 9.59 Å². The fourth-order valence-corrected chi connectivity index (χ4v) is 3.77. The minimum atomic E-state index is -0.466. The van der Waals surface area contributed by atoms with Gasteiger partial charge in [-0.05, 0) is 36.8 Å². The van der Waals surface area contributed by atoms with Gasteiger partial charge in [-0.25, -0.2) is 4.98 Å². The van der Waals surface area contributed by atoms with Crippen LogP contribution in [-0.4, -0.2) is 21.7 Å². The molecule has 3 heterocycles. The number of nitrogens with zero attached hydrogens (tertiary/aromatic N) is 2. The summed E-state index contributed by atoms with van der Waals surface area (Å²) in [5, 5.41) is 0. The van der Waals surface area contributed by atoms with Crippen molar-refractivity contribution in [3.05, 3.63) is 48.7 Å². The van der Waals surface area contributed by atoms with Crippen LogP contribution < -0.4 is 4.90 Å². The number of carbonyl (C=O) groups excluding carboxylic acids is 2. The van der Waals surface area contributed by atoms with Gasteiger partial charge in [0.15, 0.2) is 0 Å². The first-order chi connectivity index (χ1) is 12.7. The standard InChI is InChI=1S/C20H21N3O3/c1-2-3-4-6-14-18(17-7-5-10-26-17)23(20(25)19(14)24)13-8-9-15-16(11-13)22-12-21-15/h5,7-12,14,18H,2-4,6H2,1H3,(H,21,22). The van der Waals surface area contributed by atoms with E-state index in [1.807, 2.05) is 24.3 Å². The first-order valence-corrected chi connectivity index (χ1v) is 9.04. The van der Waals surface area contributed by atoms with Gasteiger partial charge in [-0.2, -0.15) is 0 Å². The zero-order valence-electron chi connectivity index (χ0n) is 14.6. The molecular formula is C20H21N3O3. The molecule has 1 N–H and O–H groups in total. The second kappa shape index (κ2) is 6.78. The summed E-state index contributed by atoms with van der Waals surface area (Å²) in [6.07, 6.45) is 6.92. The molecule has 26 heavy (non-hydrogen) atoms. The number of hydrogen-bond acceptors (Lipinski definition) is 4. The number of amides is 1. The maximum Gasteiger partial charge on any atom is 0.295 e. The number of fused-ring (bicyclic) bond motifs is 1. The summed E-state index contributed by atoms with van der Waals surface area (Å²) in [4.78, 5) is 34.4. The molecule has 0 saturated carbocycles. The molecule has 0 bridgehead atoms. The van der Waals surface area contributed by atoms with E-state index in [1.54, 1.807) is 23.6 Å². The Morgan fingerprint density at radius 1 is 1.23 bits per heavy atom. The Balaban J connectivity index is 1.75. The number of hydrogen-bond donors (Lipinski definition) is 1. The van der Waals surface area contributed by atoms with E-state index >= 15 is 0 Å². The molecule has 1 aliphatic rings. The van der Waals surface area contributed by atoms with E-state index in [9.17, 15) is 9.59 Å². The molecule has 0 spiro atoms. The van der Waals surface area contributed by atoms with E-state index in [-0.39, 0.29) is 11.7 Å². The molecule has 6 nitrogen and oxygen atoms in total. The summed E-state index contributed by atoms with van der Waals surface area (Å²) < 4.78 is 5.61. The summed E-state index contributed by atoms with van der Waals surface area (Å²) in [5.41, 5.74) is 2.33. The van der Waals surface area contributed by atoms with Crippen LogP contribution in [0.2, 0.25) is 0 Å². The summed E-state index contributed by atoms with van der Waals surface area (Å²) >= 11 is 0. The molecule has 4 rings (SSSR count). The van der Waals surface area contributed by atoms with Crippen LogP contribution in [0.1, 0.15) is 44.4 Å². The SMILES string of the molecule is CCCCCC1C(=O)C(=O)N(c2ccc3nc[nH]c3c2)C1c1ccco1. The second-order valence-corrected chi connectivity index (χ2v) is 6.71. The third-order valence-corrected chi connectivity index (χ3v) is 5.06. The Hall–Kier alpha value is -2.89. The molecule has 134 valence electrons. The molecule has 2 atom stereocenters. The molecule has 0 radical (unpaired) electrons. The molecule has 1 fully saturated rings. The molecule has 1 amide bonds. The number of anilines is 1. The first-order valence-electron chi connectivity index (χ1n) is 9.04. The van der Waals surface area contributed by atoms with E-state index in [2.05, 4.69) is 16.9 Å². The van der Waals surface area contributed by atoms with Crippen LogP contribution in [0, 0.1) is 5.92 Å². The summed E-state index contributed by atoms with van der Waals surface area (Å²) in [6.45, 7) is 2.12. The quantitative estimate of drug-likeness (QED) is 0.537. The number of aromatic nitrogens is 2. The van der Waals surface area contributed by atoms with Gasteiger partial charge >= 0.3 is 0 Å². The minimum Gasteiger partial charge on any atom is -0.467 e.